The lowest BCUT2D eigenvalue weighted by molar-refractivity contribution is 0.103. The molecule has 0 aliphatic carbocycles. The number of thiazole rings is 2. The molecule has 0 unspecified atom stereocenters. The number of aryl methyl sites for hydroxylation is 1. The lowest BCUT2D eigenvalue weighted by atomic mass is 10.1. The smallest absolute Gasteiger partial charge is 0.269 e. The summed E-state index contributed by atoms with van der Waals surface area (Å²) >= 11 is 2.70. The highest BCUT2D eigenvalue weighted by Gasteiger charge is 2.14. The lowest BCUT2D eigenvalue weighted by Gasteiger charge is -2.00. The molecule has 3 aromatic rings. The molecule has 21 heavy (non-hydrogen) atoms. The van der Waals surface area contributed by atoms with Gasteiger partial charge in [0.25, 0.3) is 5.91 Å². The van der Waals surface area contributed by atoms with Crippen LogP contribution in [0.15, 0.2) is 35.2 Å². The van der Waals surface area contributed by atoms with Crippen molar-refractivity contribution < 1.29 is 4.79 Å². The summed E-state index contributed by atoms with van der Waals surface area (Å²) in [6, 6.07) is 7.49. The second-order valence-corrected chi connectivity index (χ2v) is 6.10. The maximum atomic E-state index is 12.1. The zero-order valence-corrected chi connectivity index (χ0v) is 12.8. The summed E-state index contributed by atoms with van der Waals surface area (Å²) in [5.41, 5.74) is 10.6. The van der Waals surface area contributed by atoms with E-state index in [0.29, 0.717) is 15.7 Å². The van der Waals surface area contributed by atoms with Crippen LogP contribution < -0.4 is 11.1 Å². The number of nitrogens with zero attached hydrogens (tertiary/aromatic N) is 2. The van der Waals surface area contributed by atoms with E-state index in [1.165, 1.54) is 22.7 Å². The van der Waals surface area contributed by atoms with Crippen LogP contribution in [-0.4, -0.2) is 15.9 Å². The van der Waals surface area contributed by atoms with E-state index in [1.54, 1.807) is 5.51 Å². The molecule has 5 nitrogen and oxygen atoms in total. The van der Waals surface area contributed by atoms with E-state index in [1.807, 2.05) is 36.6 Å². The molecule has 0 aliphatic heterocycles. The largest absolute Gasteiger partial charge is 0.399 e. The Labute approximate surface area is 129 Å². The third-order valence-corrected chi connectivity index (χ3v) is 4.54. The van der Waals surface area contributed by atoms with Crippen LogP contribution in [0.25, 0.3) is 11.3 Å². The van der Waals surface area contributed by atoms with Crippen LogP contribution in [0.4, 0.5) is 10.8 Å². The van der Waals surface area contributed by atoms with E-state index in [9.17, 15) is 4.79 Å². The van der Waals surface area contributed by atoms with Crippen molar-refractivity contribution in [2.24, 2.45) is 0 Å². The number of nitrogens with one attached hydrogen (secondary N) is 1. The Morgan fingerprint density at radius 2 is 2.19 bits per heavy atom. The van der Waals surface area contributed by atoms with Crippen LogP contribution in [0.1, 0.15) is 15.4 Å². The zero-order chi connectivity index (χ0) is 14.8. The first-order valence-corrected chi connectivity index (χ1v) is 7.92. The Morgan fingerprint density at radius 1 is 1.33 bits per heavy atom. The van der Waals surface area contributed by atoms with Gasteiger partial charge in [-0.15, -0.1) is 22.7 Å². The summed E-state index contributed by atoms with van der Waals surface area (Å²) < 4.78 is 0. The highest BCUT2D eigenvalue weighted by atomic mass is 32.1. The molecular formula is C14H12N4OS2. The maximum absolute atomic E-state index is 12.1. The molecule has 0 spiro atoms. The number of nitrogen functional groups attached to an aromatic ring is 1. The van der Waals surface area contributed by atoms with Crippen LogP contribution in [-0.2, 0) is 0 Å². The number of hydrogen-bond donors (Lipinski definition) is 2. The van der Waals surface area contributed by atoms with E-state index in [4.69, 9.17) is 5.73 Å². The predicted octanol–water partition coefficient (Wildman–Crippen LogP) is 3.41. The van der Waals surface area contributed by atoms with E-state index in [2.05, 4.69) is 15.3 Å². The van der Waals surface area contributed by atoms with Crippen LogP contribution in [0.5, 0.6) is 0 Å². The average Bonchev–Trinajstić information content (AvgIpc) is 3.08. The summed E-state index contributed by atoms with van der Waals surface area (Å²) in [5, 5.41) is 5.25. The van der Waals surface area contributed by atoms with Crippen LogP contribution in [0, 0.1) is 6.92 Å². The summed E-state index contributed by atoms with van der Waals surface area (Å²) in [4.78, 5) is 21.2. The SMILES string of the molecule is Cc1ncsc1C(=O)Nc1nc(-c2cccc(N)c2)cs1. The van der Waals surface area contributed by atoms with Crippen molar-refractivity contribution in [3.8, 4) is 11.3 Å². The Balaban J connectivity index is 1.80. The molecule has 0 bridgehead atoms. The van der Waals surface area contributed by atoms with Gasteiger partial charge in [-0.1, -0.05) is 12.1 Å². The molecule has 3 rings (SSSR count). The van der Waals surface area contributed by atoms with Crippen molar-refractivity contribution in [3.05, 3.63) is 45.7 Å². The quantitative estimate of drug-likeness (QED) is 0.726. The molecule has 0 saturated heterocycles. The van der Waals surface area contributed by atoms with Crippen LogP contribution in [0.2, 0.25) is 0 Å². The highest BCUT2D eigenvalue weighted by molar-refractivity contribution is 7.14. The van der Waals surface area contributed by atoms with Crippen molar-refractivity contribution in [3.63, 3.8) is 0 Å². The number of carbonyl (C=O) groups is 1. The van der Waals surface area contributed by atoms with Gasteiger partial charge in [-0.25, -0.2) is 9.97 Å². The molecule has 0 fully saturated rings. The van der Waals surface area contributed by atoms with Crippen LogP contribution in [0.3, 0.4) is 0 Å². The minimum atomic E-state index is -0.177. The summed E-state index contributed by atoms with van der Waals surface area (Å²) in [6.07, 6.45) is 0. The fraction of sp³-hybridized carbons (Fsp3) is 0.0714. The number of anilines is 2. The van der Waals surface area contributed by atoms with Crippen molar-refractivity contribution in [1.29, 1.82) is 0 Å². The standard InChI is InChI=1S/C14H12N4OS2/c1-8-12(21-7-16-8)13(19)18-14-17-11(6-20-14)9-3-2-4-10(15)5-9/h2-7H,15H2,1H3,(H,17,18,19). The summed E-state index contributed by atoms with van der Waals surface area (Å²) in [5.74, 6) is -0.177. The number of aromatic nitrogens is 2. The summed E-state index contributed by atoms with van der Waals surface area (Å²) in [6.45, 7) is 1.81. The molecule has 7 heteroatoms. The Kier molecular flexibility index (Phi) is 3.68. The molecule has 0 saturated carbocycles. The number of carbonyl (C=O) groups excluding carboxylic acids is 1. The van der Waals surface area contributed by atoms with Gasteiger partial charge in [0.1, 0.15) is 4.88 Å². The first kappa shape index (κ1) is 13.7. The fourth-order valence-electron chi connectivity index (χ4n) is 1.84. The first-order chi connectivity index (χ1) is 10.1. The molecular weight excluding hydrogens is 304 g/mol. The molecule has 3 N–H and O–H groups in total. The molecule has 0 atom stereocenters. The Hall–Kier alpha value is -2.25. The van der Waals surface area contributed by atoms with E-state index < -0.39 is 0 Å². The second-order valence-electron chi connectivity index (χ2n) is 4.38. The topological polar surface area (TPSA) is 80.9 Å². The Morgan fingerprint density at radius 3 is 2.90 bits per heavy atom. The van der Waals surface area contributed by atoms with Gasteiger partial charge in [0.2, 0.25) is 0 Å². The lowest BCUT2D eigenvalue weighted by Crippen LogP contribution is -2.11. The maximum Gasteiger partial charge on any atom is 0.269 e. The van der Waals surface area contributed by atoms with E-state index >= 15 is 0 Å². The van der Waals surface area contributed by atoms with E-state index in [-0.39, 0.29) is 5.91 Å². The van der Waals surface area contributed by atoms with Crippen LogP contribution >= 0.6 is 22.7 Å². The van der Waals surface area contributed by atoms with Gasteiger partial charge in [0.15, 0.2) is 5.13 Å². The van der Waals surface area contributed by atoms with Crippen molar-refractivity contribution in [2.75, 3.05) is 11.1 Å². The molecule has 106 valence electrons. The number of nitrogens with two attached hydrogens (primary N) is 1. The molecule has 2 heterocycles. The third kappa shape index (κ3) is 2.93. The fourth-order valence-corrected chi connectivity index (χ4v) is 3.25. The predicted molar refractivity (Wildman–Crippen MR) is 86.8 cm³/mol. The summed E-state index contributed by atoms with van der Waals surface area (Å²) in [7, 11) is 0. The number of hydrogen-bond acceptors (Lipinski definition) is 6. The van der Waals surface area contributed by atoms with Crippen molar-refractivity contribution in [1.82, 2.24) is 9.97 Å². The highest BCUT2D eigenvalue weighted by Crippen LogP contribution is 2.26. The molecule has 0 radical (unpaired) electrons. The van der Waals surface area contributed by atoms with Gasteiger partial charge < -0.3 is 5.73 Å². The average molecular weight is 316 g/mol. The second kappa shape index (κ2) is 5.63. The number of amides is 1. The Bertz CT molecular complexity index is 794. The first-order valence-electron chi connectivity index (χ1n) is 6.16. The van der Waals surface area contributed by atoms with Crippen molar-refractivity contribution in [2.45, 2.75) is 6.92 Å². The molecule has 1 aromatic carbocycles. The monoisotopic (exact) mass is 316 g/mol. The minimum Gasteiger partial charge on any atom is -0.399 e. The van der Waals surface area contributed by atoms with Gasteiger partial charge in [0, 0.05) is 16.6 Å². The van der Waals surface area contributed by atoms with Gasteiger partial charge in [-0.3, -0.25) is 10.1 Å². The molecule has 0 aliphatic rings. The van der Waals surface area contributed by atoms with Gasteiger partial charge in [0.05, 0.1) is 16.9 Å². The molecule has 2 aromatic heterocycles. The number of benzene rings is 1. The van der Waals surface area contributed by atoms with Gasteiger partial charge >= 0.3 is 0 Å². The number of rotatable bonds is 3. The molecule has 1 amide bonds. The van der Waals surface area contributed by atoms with Gasteiger partial charge in [-0.05, 0) is 19.1 Å². The van der Waals surface area contributed by atoms with Crippen molar-refractivity contribution >= 4 is 39.4 Å². The third-order valence-electron chi connectivity index (χ3n) is 2.86. The zero-order valence-electron chi connectivity index (χ0n) is 11.2. The minimum absolute atomic E-state index is 0.177. The van der Waals surface area contributed by atoms with E-state index in [0.717, 1.165) is 17.0 Å². The van der Waals surface area contributed by atoms with Gasteiger partial charge in [-0.2, -0.15) is 0 Å². The normalized spacial score (nSPS) is 10.5.